The topological polar surface area (TPSA) is 94.7 Å². The molecule has 0 spiro atoms. The summed E-state index contributed by atoms with van der Waals surface area (Å²) in [4.78, 5) is 29.2. The number of amides is 1. The largest absolute Gasteiger partial charge is 0.323 e. The summed E-state index contributed by atoms with van der Waals surface area (Å²) in [6.07, 6.45) is 1.25. The molecule has 152 valence electrons. The molecule has 0 atom stereocenters. The van der Waals surface area contributed by atoms with Gasteiger partial charge in [-0.2, -0.15) is 0 Å². The molecule has 2 aromatic heterocycles. The number of fused-ring (bicyclic) bond motifs is 1. The van der Waals surface area contributed by atoms with Gasteiger partial charge in [-0.25, -0.2) is 14.1 Å². The lowest BCUT2D eigenvalue weighted by molar-refractivity contribution is -0.116. The van der Waals surface area contributed by atoms with Crippen LogP contribution in [0, 0.1) is 5.82 Å². The SMILES string of the molecule is O=C(Cn1cnc2c(nnn2Cc2ccc(Cl)cc2)c1=O)Nc1ccc(F)cc1Cl. The Balaban J connectivity index is 1.54. The zero-order chi connectivity index (χ0) is 21.3. The second kappa shape index (κ2) is 8.21. The molecule has 1 amide bonds. The molecule has 30 heavy (non-hydrogen) atoms. The highest BCUT2D eigenvalue weighted by Gasteiger charge is 2.15. The van der Waals surface area contributed by atoms with Crippen molar-refractivity contribution in [2.45, 2.75) is 13.1 Å². The number of carbonyl (C=O) groups is 1. The van der Waals surface area contributed by atoms with Gasteiger partial charge >= 0.3 is 0 Å². The van der Waals surface area contributed by atoms with Crippen molar-refractivity contribution in [3.8, 4) is 0 Å². The third-order valence-electron chi connectivity index (χ3n) is 4.26. The summed E-state index contributed by atoms with van der Waals surface area (Å²) in [6.45, 7) is 0.0349. The number of carbonyl (C=O) groups excluding carboxylic acids is 1. The monoisotopic (exact) mass is 446 g/mol. The summed E-state index contributed by atoms with van der Waals surface area (Å²) in [6, 6.07) is 10.8. The average Bonchev–Trinajstić information content (AvgIpc) is 3.11. The van der Waals surface area contributed by atoms with Crippen LogP contribution in [0.25, 0.3) is 11.2 Å². The standard InChI is InChI=1S/C19H13Cl2FN6O2/c20-12-3-1-11(2-4-12)8-28-18-17(25-26-28)19(30)27(10-23-18)9-16(29)24-15-6-5-13(22)7-14(15)21/h1-7,10H,8-9H2,(H,24,29). The first-order valence-corrected chi connectivity index (χ1v) is 9.44. The highest BCUT2D eigenvalue weighted by atomic mass is 35.5. The smallest absolute Gasteiger partial charge is 0.283 e. The molecule has 0 aliphatic carbocycles. The number of nitrogens with one attached hydrogen (secondary N) is 1. The minimum Gasteiger partial charge on any atom is -0.323 e. The van der Waals surface area contributed by atoms with Crippen LogP contribution in [0.2, 0.25) is 10.0 Å². The third kappa shape index (κ3) is 4.17. The van der Waals surface area contributed by atoms with Gasteiger partial charge in [-0.1, -0.05) is 40.5 Å². The van der Waals surface area contributed by atoms with E-state index in [1.807, 2.05) is 12.1 Å². The van der Waals surface area contributed by atoms with E-state index >= 15 is 0 Å². The van der Waals surface area contributed by atoms with Gasteiger partial charge in [-0.3, -0.25) is 14.2 Å². The highest BCUT2D eigenvalue weighted by molar-refractivity contribution is 6.33. The molecule has 0 saturated heterocycles. The lowest BCUT2D eigenvalue weighted by Gasteiger charge is -2.08. The van der Waals surface area contributed by atoms with Gasteiger partial charge in [0.05, 0.1) is 17.3 Å². The molecule has 0 radical (unpaired) electrons. The maximum Gasteiger partial charge on any atom is 0.283 e. The Bertz CT molecular complexity index is 1300. The Labute approximate surface area is 178 Å². The minimum absolute atomic E-state index is 0.0408. The fourth-order valence-corrected chi connectivity index (χ4v) is 3.14. The van der Waals surface area contributed by atoms with E-state index in [2.05, 4.69) is 20.6 Å². The first kappa shape index (κ1) is 20.0. The van der Waals surface area contributed by atoms with Crippen molar-refractivity contribution >= 4 is 46.0 Å². The lowest BCUT2D eigenvalue weighted by Crippen LogP contribution is -2.28. The van der Waals surface area contributed by atoms with Crippen LogP contribution >= 0.6 is 23.2 Å². The first-order chi connectivity index (χ1) is 14.4. The van der Waals surface area contributed by atoms with E-state index in [0.29, 0.717) is 17.2 Å². The van der Waals surface area contributed by atoms with Crippen molar-refractivity contribution in [1.29, 1.82) is 0 Å². The van der Waals surface area contributed by atoms with Gasteiger partial charge in [-0.05, 0) is 35.9 Å². The number of nitrogens with zero attached hydrogens (tertiary/aromatic N) is 5. The average molecular weight is 447 g/mol. The summed E-state index contributed by atoms with van der Waals surface area (Å²) < 4.78 is 15.7. The Morgan fingerprint density at radius 3 is 2.63 bits per heavy atom. The number of halogens is 3. The van der Waals surface area contributed by atoms with Crippen LogP contribution in [-0.4, -0.2) is 30.5 Å². The summed E-state index contributed by atoms with van der Waals surface area (Å²) >= 11 is 11.8. The molecule has 0 saturated carbocycles. The fourth-order valence-electron chi connectivity index (χ4n) is 2.80. The van der Waals surface area contributed by atoms with E-state index in [-0.39, 0.29) is 22.8 Å². The van der Waals surface area contributed by atoms with Crippen molar-refractivity contribution < 1.29 is 9.18 Å². The molecule has 2 heterocycles. The van der Waals surface area contributed by atoms with Crippen molar-refractivity contribution in [3.63, 3.8) is 0 Å². The van der Waals surface area contributed by atoms with E-state index in [1.165, 1.54) is 23.1 Å². The van der Waals surface area contributed by atoms with Crippen molar-refractivity contribution in [2.24, 2.45) is 0 Å². The Hall–Kier alpha value is -3.30. The summed E-state index contributed by atoms with van der Waals surface area (Å²) in [7, 11) is 0. The van der Waals surface area contributed by atoms with Gasteiger partial charge < -0.3 is 5.32 Å². The number of rotatable bonds is 5. The molecule has 0 unspecified atom stereocenters. The van der Waals surface area contributed by atoms with Gasteiger partial charge in [-0.15, -0.1) is 5.10 Å². The molecule has 0 fully saturated rings. The number of hydrogen-bond donors (Lipinski definition) is 1. The van der Waals surface area contributed by atoms with Gasteiger partial charge in [0.1, 0.15) is 18.7 Å². The predicted octanol–water partition coefficient (Wildman–Crippen LogP) is 3.12. The third-order valence-corrected chi connectivity index (χ3v) is 4.82. The first-order valence-electron chi connectivity index (χ1n) is 8.68. The Morgan fingerprint density at radius 1 is 1.13 bits per heavy atom. The molecular weight excluding hydrogens is 434 g/mol. The zero-order valence-corrected chi connectivity index (χ0v) is 16.7. The molecule has 8 nitrogen and oxygen atoms in total. The van der Waals surface area contributed by atoms with Crippen molar-refractivity contribution in [3.05, 3.63) is 80.6 Å². The predicted molar refractivity (Wildman–Crippen MR) is 110 cm³/mol. The Kier molecular flexibility index (Phi) is 5.47. The lowest BCUT2D eigenvalue weighted by atomic mass is 10.2. The summed E-state index contributed by atoms with van der Waals surface area (Å²) in [5, 5.41) is 11.1. The number of aromatic nitrogens is 5. The van der Waals surface area contributed by atoms with Gasteiger partial charge in [0.2, 0.25) is 5.91 Å². The van der Waals surface area contributed by atoms with Crippen LogP contribution in [0.1, 0.15) is 5.56 Å². The van der Waals surface area contributed by atoms with Crippen LogP contribution in [0.4, 0.5) is 10.1 Å². The van der Waals surface area contributed by atoms with E-state index in [4.69, 9.17) is 23.2 Å². The van der Waals surface area contributed by atoms with Crippen molar-refractivity contribution in [2.75, 3.05) is 5.32 Å². The summed E-state index contributed by atoms with van der Waals surface area (Å²) in [5.74, 6) is -1.05. The van der Waals surface area contributed by atoms with E-state index in [1.54, 1.807) is 12.1 Å². The fraction of sp³-hybridized carbons (Fsp3) is 0.105. The molecule has 4 aromatic rings. The highest BCUT2D eigenvalue weighted by Crippen LogP contribution is 2.22. The second-order valence-corrected chi connectivity index (χ2v) is 7.24. The molecule has 0 bridgehead atoms. The molecule has 0 aliphatic heterocycles. The van der Waals surface area contributed by atoms with Gasteiger partial charge in [0.15, 0.2) is 11.2 Å². The molecule has 1 N–H and O–H groups in total. The van der Waals surface area contributed by atoms with E-state index in [9.17, 15) is 14.0 Å². The normalized spacial score (nSPS) is 11.0. The summed E-state index contributed by atoms with van der Waals surface area (Å²) in [5.41, 5.74) is 0.974. The van der Waals surface area contributed by atoms with Crippen LogP contribution in [0.15, 0.2) is 53.6 Å². The number of benzene rings is 2. The number of anilines is 1. The number of hydrogen-bond acceptors (Lipinski definition) is 5. The molecular formula is C19H13Cl2FN6O2. The van der Waals surface area contributed by atoms with Crippen molar-refractivity contribution in [1.82, 2.24) is 24.5 Å². The van der Waals surface area contributed by atoms with Crippen LogP contribution in [0.5, 0.6) is 0 Å². The van der Waals surface area contributed by atoms with Crippen LogP contribution in [-0.2, 0) is 17.9 Å². The maximum absolute atomic E-state index is 13.1. The van der Waals surface area contributed by atoms with E-state index in [0.717, 1.165) is 16.2 Å². The van der Waals surface area contributed by atoms with Gasteiger partial charge in [0.25, 0.3) is 5.56 Å². The van der Waals surface area contributed by atoms with Crippen LogP contribution < -0.4 is 10.9 Å². The quantitative estimate of drug-likeness (QED) is 0.508. The molecule has 11 heteroatoms. The maximum atomic E-state index is 13.1. The molecule has 0 aliphatic rings. The minimum atomic E-state index is -0.527. The second-order valence-electron chi connectivity index (χ2n) is 6.40. The molecule has 4 rings (SSSR count). The Morgan fingerprint density at radius 2 is 1.90 bits per heavy atom. The van der Waals surface area contributed by atoms with E-state index < -0.39 is 17.3 Å². The van der Waals surface area contributed by atoms with Crippen LogP contribution in [0.3, 0.4) is 0 Å². The molecule has 2 aromatic carbocycles. The zero-order valence-electron chi connectivity index (χ0n) is 15.2. The van der Waals surface area contributed by atoms with Gasteiger partial charge in [0, 0.05) is 5.02 Å².